The second kappa shape index (κ2) is 10.6. The Balaban J connectivity index is 1.65. The molecule has 1 aliphatic rings. The van der Waals surface area contributed by atoms with Crippen LogP contribution in [0, 0.1) is 6.92 Å². The first-order valence-corrected chi connectivity index (χ1v) is 11.8. The molecular formula is C25H27ClF3N7O2. The van der Waals surface area contributed by atoms with Crippen molar-refractivity contribution in [3.8, 4) is 5.75 Å². The Bertz CT molecular complexity index is 1400. The topological polar surface area (TPSA) is 86.7 Å². The summed E-state index contributed by atoms with van der Waals surface area (Å²) in [4.78, 5) is 14.9. The molecule has 38 heavy (non-hydrogen) atoms. The second-order valence-electron chi connectivity index (χ2n) is 8.99. The lowest BCUT2D eigenvalue weighted by atomic mass is 10.1. The maximum Gasteiger partial charge on any atom is 0.416 e. The molecule has 3 aromatic rings. The van der Waals surface area contributed by atoms with E-state index in [9.17, 15) is 18.0 Å². The van der Waals surface area contributed by atoms with E-state index >= 15 is 0 Å². The van der Waals surface area contributed by atoms with Gasteiger partial charge in [-0.3, -0.25) is 14.5 Å². The third kappa shape index (κ3) is 5.57. The number of benzene rings is 2. The van der Waals surface area contributed by atoms with Crippen LogP contribution in [0.5, 0.6) is 5.75 Å². The lowest BCUT2D eigenvalue weighted by molar-refractivity contribution is -0.137. The van der Waals surface area contributed by atoms with Crippen LogP contribution in [0.15, 0.2) is 42.7 Å². The van der Waals surface area contributed by atoms with Gasteiger partial charge in [0.2, 0.25) is 0 Å². The molecule has 0 bridgehead atoms. The summed E-state index contributed by atoms with van der Waals surface area (Å²) in [5.74, 6) is -0.477. The third-order valence-corrected chi connectivity index (χ3v) is 6.31. The lowest BCUT2D eigenvalue weighted by Gasteiger charge is -2.20. The zero-order chi connectivity index (χ0) is 27.8. The first-order chi connectivity index (χ1) is 17.9. The zero-order valence-electron chi connectivity index (χ0n) is 21.4. The van der Waals surface area contributed by atoms with Gasteiger partial charge in [-0.1, -0.05) is 11.6 Å². The van der Waals surface area contributed by atoms with E-state index in [1.165, 1.54) is 25.3 Å². The number of ether oxygens (including phenoxy) is 1. The molecule has 3 N–H and O–H groups in total. The summed E-state index contributed by atoms with van der Waals surface area (Å²) < 4.78 is 48.0. The monoisotopic (exact) mass is 549 g/mol. The Kier molecular flexibility index (Phi) is 7.58. The van der Waals surface area contributed by atoms with Crippen LogP contribution in [0.1, 0.15) is 32.7 Å². The minimum atomic E-state index is -4.61. The first kappa shape index (κ1) is 27.3. The van der Waals surface area contributed by atoms with Gasteiger partial charge in [0.15, 0.2) is 0 Å². The van der Waals surface area contributed by atoms with E-state index in [0.29, 0.717) is 10.7 Å². The molecule has 1 aromatic heterocycles. The van der Waals surface area contributed by atoms with Gasteiger partial charge < -0.3 is 20.4 Å². The fourth-order valence-corrected chi connectivity index (χ4v) is 4.23. The van der Waals surface area contributed by atoms with Crippen molar-refractivity contribution >= 4 is 34.6 Å². The van der Waals surface area contributed by atoms with E-state index < -0.39 is 17.6 Å². The number of amides is 1. The molecule has 0 saturated carbocycles. The number of aryl methyl sites for hydroxylation is 1. The van der Waals surface area contributed by atoms with E-state index in [2.05, 4.69) is 21.4 Å². The summed E-state index contributed by atoms with van der Waals surface area (Å²) >= 11 is 6.42. The van der Waals surface area contributed by atoms with Crippen molar-refractivity contribution in [2.24, 2.45) is 7.05 Å². The van der Waals surface area contributed by atoms with E-state index in [0.717, 1.165) is 29.1 Å². The quantitative estimate of drug-likeness (QED) is 0.398. The summed E-state index contributed by atoms with van der Waals surface area (Å²) in [6.45, 7) is 2.11. The molecule has 0 radical (unpaired) electrons. The molecule has 1 aliphatic heterocycles. The number of aromatic nitrogens is 2. The Labute approximate surface area is 222 Å². The highest BCUT2D eigenvalue weighted by molar-refractivity contribution is 6.33. The number of methoxy groups -OCH3 is 1. The highest BCUT2D eigenvalue weighted by Crippen LogP contribution is 2.39. The van der Waals surface area contributed by atoms with E-state index in [1.807, 2.05) is 14.0 Å². The Morgan fingerprint density at radius 3 is 2.58 bits per heavy atom. The van der Waals surface area contributed by atoms with Gasteiger partial charge in [0.05, 0.1) is 41.0 Å². The SMILES string of the molecule is COc1c(CN(C)C)cc(C(F)(F)F)cc1NC(=O)c1ccc(Cl)c(N2C=C(c3cnn(C)c3C)NN2)c1. The summed E-state index contributed by atoms with van der Waals surface area (Å²) in [7, 11) is 6.63. The highest BCUT2D eigenvalue weighted by atomic mass is 35.5. The molecule has 1 amide bonds. The van der Waals surface area contributed by atoms with Gasteiger partial charge >= 0.3 is 6.18 Å². The Hall–Kier alpha value is -3.74. The number of nitrogens with one attached hydrogen (secondary N) is 3. The summed E-state index contributed by atoms with van der Waals surface area (Å²) in [6.07, 6.45) is -1.13. The molecule has 202 valence electrons. The number of hydrogen-bond donors (Lipinski definition) is 3. The molecule has 4 rings (SSSR count). The number of nitrogens with zero attached hydrogens (tertiary/aromatic N) is 4. The molecule has 0 atom stereocenters. The van der Waals surface area contributed by atoms with E-state index in [1.54, 1.807) is 41.1 Å². The Morgan fingerprint density at radius 1 is 1.24 bits per heavy atom. The number of carbonyl (C=O) groups is 1. The van der Waals surface area contributed by atoms with Gasteiger partial charge in [-0.15, -0.1) is 5.53 Å². The van der Waals surface area contributed by atoms with E-state index in [-0.39, 0.29) is 29.1 Å². The maximum atomic E-state index is 13.6. The van der Waals surface area contributed by atoms with Crippen LogP contribution in [-0.4, -0.2) is 41.8 Å². The number of carbonyl (C=O) groups excluding carboxylic acids is 1. The molecule has 0 saturated heterocycles. The average molecular weight is 550 g/mol. The molecule has 9 nitrogen and oxygen atoms in total. The third-order valence-electron chi connectivity index (χ3n) is 5.99. The van der Waals surface area contributed by atoms with Crippen LogP contribution in [0.25, 0.3) is 5.70 Å². The van der Waals surface area contributed by atoms with Crippen LogP contribution in [0.2, 0.25) is 5.02 Å². The standard InChI is InChI=1S/C25H27ClF3N7O2/c1-14-18(11-30-35(14)4)21-13-36(33-32-21)22-9-15(6-7-19(22)26)24(37)31-20-10-17(25(27,28)29)8-16(12-34(2)3)23(20)38-5/h6-11,13,32-33H,12H2,1-5H3,(H,31,37). The minimum absolute atomic E-state index is 0.0872. The van der Waals surface area contributed by atoms with Gasteiger partial charge in [-0.05, 0) is 51.4 Å². The summed E-state index contributed by atoms with van der Waals surface area (Å²) in [5.41, 5.74) is 8.51. The van der Waals surface area contributed by atoms with Gasteiger partial charge in [-0.25, -0.2) is 0 Å². The van der Waals surface area contributed by atoms with Crippen molar-refractivity contribution in [2.45, 2.75) is 19.6 Å². The van der Waals surface area contributed by atoms with Gasteiger partial charge in [-0.2, -0.15) is 18.3 Å². The molecular weight excluding hydrogens is 523 g/mol. The number of hydrogen-bond acceptors (Lipinski definition) is 7. The molecule has 0 fully saturated rings. The Morgan fingerprint density at radius 2 is 1.97 bits per heavy atom. The largest absolute Gasteiger partial charge is 0.494 e. The van der Waals surface area contributed by atoms with Crippen LogP contribution < -0.4 is 26.0 Å². The van der Waals surface area contributed by atoms with Crippen molar-refractivity contribution < 1.29 is 22.7 Å². The summed E-state index contributed by atoms with van der Waals surface area (Å²) in [5, 5.41) is 8.76. The van der Waals surface area contributed by atoms with Crippen molar-refractivity contribution in [3.63, 3.8) is 0 Å². The second-order valence-corrected chi connectivity index (χ2v) is 9.40. The lowest BCUT2D eigenvalue weighted by Crippen LogP contribution is -2.36. The molecule has 0 spiro atoms. The number of hydrazine groups is 2. The van der Waals surface area contributed by atoms with Crippen molar-refractivity contribution in [3.05, 3.63) is 75.7 Å². The molecule has 2 heterocycles. The minimum Gasteiger partial charge on any atom is -0.494 e. The molecule has 13 heteroatoms. The van der Waals surface area contributed by atoms with Crippen LogP contribution in [0.4, 0.5) is 24.5 Å². The first-order valence-electron chi connectivity index (χ1n) is 11.4. The van der Waals surface area contributed by atoms with Gasteiger partial charge in [0.25, 0.3) is 5.91 Å². The maximum absolute atomic E-state index is 13.6. The number of rotatable bonds is 7. The zero-order valence-corrected chi connectivity index (χ0v) is 22.1. The fourth-order valence-electron chi connectivity index (χ4n) is 4.02. The predicted octanol–water partition coefficient (Wildman–Crippen LogP) is 4.55. The summed E-state index contributed by atoms with van der Waals surface area (Å²) in [6, 6.07) is 6.44. The van der Waals surface area contributed by atoms with Crippen LogP contribution in [-0.2, 0) is 19.8 Å². The molecule has 0 unspecified atom stereocenters. The fraction of sp³-hybridized carbons (Fsp3) is 0.280. The van der Waals surface area contributed by atoms with Crippen LogP contribution >= 0.6 is 11.6 Å². The number of anilines is 2. The highest BCUT2D eigenvalue weighted by Gasteiger charge is 2.33. The number of alkyl halides is 3. The van der Waals surface area contributed by atoms with E-state index in [4.69, 9.17) is 16.3 Å². The van der Waals surface area contributed by atoms with Gasteiger partial charge in [0.1, 0.15) is 5.75 Å². The predicted molar refractivity (Wildman–Crippen MR) is 139 cm³/mol. The normalized spacial score (nSPS) is 13.5. The van der Waals surface area contributed by atoms with Gasteiger partial charge in [0, 0.05) is 42.2 Å². The average Bonchev–Trinajstić information content (AvgIpc) is 3.45. The van der Waals surface area contributed by atoms with Crippen molar-refractivity contribution in [1.82, 2.24) is 25.6 Å². The van der Waals surface area contributed by atoms with Crippen LogP contribution in [0.3, 0.4) is 0 Å². The molecule has 0 aliphatic carbocycles. The number of halogens is 4. The smallest absolute Gasteiger partial charge is 0.416 e. The van der Waals surface area contributed by atoms with Crippen molar-refractivity contribution in [2.75, 3.05) is 31.5 Å². The van der Waals surface area contributed by atoms with Crippen molar-refractivity contribution in [1.29, 1.82) is 0 Å². The molecule has 2 aromatic carbocycles.